The number of carbonyl (C=O) groups excluding carboxylic acids is 1. The Balaban J connectivity index is 1.83. The number of methoxy groups -OCH3 is 1. The molecule has 2 unspecified atom stereocenters. The normalized spacial score (nSPS) is 20.1. The van der Waals surface area contributed by atoms with Crippen molar-refractivity contribution in [2.75, 3.05) is 32.2 Å². The predicted molar refractivity (Wildman–Crippen MR) is 97.4 cm³/mol. The molecule has 9 nitrogen and oxygen atoms in total. The van der Waals surface area contributed by atoms with E-state index in [1.54, 1.807) is 25.3 Å². The van der Waals surface area contributed by atoms with Crippen molar-refractivity contribution < 1.29 is 19.0 Å². The fourth-order valence-corrected chi connectivity index (χ4v) is 3.49. The first-order valence-electron chi connectivity index (χ1n) is 8.84. The molecule has 2 aliphatic rings. The Morgan fingerprint density at radius 1 is 1.29 bits per heavy atom. The average Bonchev–Trinajstić information content (AvgIpc) is 2.70. The van der Waals surface area contributed by atoms with E-state index in [0.29, 0.717) is 49.1 Å². The van der Waals surface area contributed by atoms with E-state index < -0.39 is 23.3 Å². The van der Waals surface area contributed by atoms with Gasteiger partial charge < -0.3 is 24.5 Å². The summed E-state index contributed by atoms with van der Waals surface area (Å²) < 4.78 is 16.1. The molecule has 3 heterocycles. The lowest BCUT2D eigenvalue weighted by Crippen LogP contribution is -2.38. The molecule has 2 N–H and O–H groups in total. The van der Waals surface area contributed by atoms with Crippen molar-refractivity contribution in [3.63, 3.8) is 0 Å². The summed E-state index contributed by atoms with van der Waals surface area (Å²) in [6, 6.07) is 7.19. The molecule has 0 bridgehead atoms. The number of nitrogens with one attached hydrogen (secondary N) is 2. The monoisotopic (exact) mass is 382 g/mol. The summed E-state index contributed by atoms with van der Waals surface area (Å²) in [6.45, 7) is 1.24. The minimum atomic E-state index is -1.07. The van der Waals surface area contributed by atoms with Gasteiger partial charge in [0.05, 0.1) is 18.2 Å². The van der Waals surface area contributed by atoms with E-state index in [1.165, 1.54) is 0 Å². The number of H-pyrrole nitrogens is 1. The first-order valence-corrected chi connectivity index (χ1v) is 8.84. The van der Waals surface area contributed by atoms with E-state index in [4.69, 9.17) is 14.2 Å². The van der Waals surface area contributed by atoms with Crippen molar-refractivity contribution in [2.24, 2.45) is 5.92 Å². The van der Waals surface area contributed by atoms with Gasteiger partial charge in [-0.2, -0.15) is 5.26 Å². The van der Waals surface area contributed by atoms with Crippen LogP contribution in [0.2, 0.25) is 0 Å². The molecule has 2 aliphatic heterocycles. The maximum Gasteiger partial charge on any atom is 0.256 e. The van der Waals surface area contributed by atoms with E-state index in [9.17, 15) is 14.9 Å². The molecule has 2 atom stereocenters. The lowest BCUT2D eigenvalue weighted by Gasteiger charge is -2.29. The quantitative estimate of drug-likeness (QED) is 0.806. The van der Waals surface area contributed by atoms with Crippen LogP contribution in [0.5, 0.6) is 11.5 Å². The molecule has 4 rings (SSSR count). The SMILES string of the molecule is COCCc1nc2c(c(=O)[nH]1)C(c1ccc3c(c1)OCCO3)C(C#N)C(=O)N2. The fraction of sp³-hybridized carbons (Fsp3) is 0.368. The molecule has 0 saturated carbocycles. The second-order valence-electron chi connectivity index (χ2n) is 6.49. The second kappa shape index (κ2) is 7.32. The summed E-state index contributed by atoms with van der Waals surface area (Å²) in [7, 11) is 1.55. The third-order valence-electron chi connectivity index (χ3n) is 4.78. The number of nitrogens with zero attached hydrogens (tertiary/aromatic N) is 2. The summed E-state index contributed by atoms with van der Waals surface area (Å²) in [5.41, 5.74) is 0.476. The van der Waals surface area contributed by atoms with Gasteiger partial charge in [-0.1, -0.05) is 6.07 Å². The molecule has 0 radical (unpaired) electrons. The van der Waals surface area contributed by atoms with Crippen LogP contribution in [0, 0.1) is 17.2 Å². The summed E-state index contributed by atoms with van der Waals surface area (Å²) in [4.78, 5) is 32.5. The molecule has 2 aromatic rings. The lowest BCUT2D eigenvalue weighted by molar-refractivity contribution is -0.119. The zero-order chi connectivity index (χ0) is 19.7. The number of benzene rings is 1. The number of anilines is 1. The van der Waals surface area contributed by atoms with Gasteiger partial charge in [-0.05, 0) is 17.7 Å². The predicted octanol–water partition coefficient (Wildman–Crippen LogP) is 0.954. The second-order valence-corrected chi connectivity index (χ2v) is 6.49. The standard InChI is InChI=1S/C19H18N4O5/c1-26-5-4-14-21-17-16(19(25)22-14)15(11(9-20)18(24)23-17)10-2-3-12-13(8-10)28-7-6-27-12/h2-3,8,11,15H,4-7H2,1H3,(H2,21,22,23,24,25). The molecular weight excluding hydrogens is 364 g/mol. The number of aromatic amines is 1. The van der Waals surface area contributed by atoms with Crippen molar-refractivity contribution in [2.45, 2.75) is 12.3 Å². The van der Waals surface area contributed by atoms with Gasteiger partial charge in [0.15, 0.2) is 11.5 Å². The van der Waals surface area contributed by atoms with Crippen molar-refractivity contribution in [1.29, 1.82) is 5.26 Å². The van der Waals surface area contributed by atoms with Crippen molar-refractivity contribution in [3.05, 3.63) is 45.5 Å². The number of amides is 1. The Labute approximate surface area is 160 Å². The number of ether oxygens (including phenoxy) is 3. The highest BCUT2D eigenvalue weighted by Crippen LogP contribution is 2.41. The third-order valence-corrected chi connectivity index (χ3v) is 4.78. The van der Waals surface area contributed by atoms with Gasteiger partial charge >= 0.3 is 0 Å². The maximum atomic E-state index is 12.8. The van der Waals surface area contributed by atoms with E-state index >= 15 is 0 Å². The first-order chi connectivity index (χ1) is 13.6. The maximum absolute atomic E-state index is 12.8. The van der Waals surface area contributed by atoms with E-state index in [1.807, 2.05) is 6.07 Å². The van der Waals surface area contributed by atoms with Gasteiger partial charge in [-0.15, -0.1) is 0 Å². The Hall–Kier alpha value is -3.38. The first kappa shape index (κ1) is 18.0. The van der Waals surface area contributed by atoms with Gasteiger partial charge in [0.2, 0.25) is 5.91 Å². The van der Waals surface area contributed by atoms with Crippen molar-refractivity contribution in [3.8, 4) is 17.6 Å². The summed E-state index contributed by atoms with van der Waals surface area (Å²) in [5, 5.41) is 12.2. The molecule has 1 amide bonds. The number of nitriles is 1. The Bertz CT molecular complexity index is 1030. The van der Waals surface area contributed by atoms with E-state index in [2.05, 4.69) is 15.3 Å². The minimum absolute atomic E-state index is 0.172. The highest BCUT2D eigenvalue weighted by Gasteiger charge is 2.40. The van der Waals surface area contributed by atoms with Crippen LogP contribution in [-0.4, -0.2) is 42.8 Å². The molecule has 0 saturated heterocycles. The van der Waals surface area contributed by atoms with E-state index in [0.717, 1.165) is 0 Å². The molecule has 9 heteroatoms. The molecule has 0 spiro atoms. The molecule has 144 valence electrons. The van der Waals surface area contributed by atoms with Crippen LogP contribution in [0.3, 0.4) is 0 Å². The van der Waals surface area contributed by atoms with Crippen LogP contribution in [0.25, 0.3) is 0 Å². The number of hydrogen-bond donors (Lipinski definition) is 2. The summed E-state index contributed by atoms with van der Waals surface area (Å²) in [5.74, 6) is -0.640. The molecule has 0 aliphatic carbocycles. The topological polar surface area (TPSA) is 126 Å². The highest BCUT2D eigenvalue weighted by molar-refractivity contribution is 5.97. The zero-order valence-electron chi connectivity index (χ0n) is 15.2. The molecule has 0 fully saturated rings. The highest BCUT2D eigenvalue weighted by atomic mass is 16.6. The average molecular weight is 382 g/mol. The minimum Gasteiger partial charge on any atom is -0.486 e. The van der Waals surface area contributed by atoms with Gasteiger partial charge in [0, 0.05) is 19.4 Å². The van der Waals surface area contributed by atoms with Gasteiger partial charge in [-0.25, -0.2) is 4.98 Å². The molecule has 1 aromatic carbocycles. The Kier molecular flexibility index (Phi) is 4.71. The van der Waals surface area contributed by atoms with Crippen LogP contribution < -0.4 is 20.3 Å². The molecule has 1 aromatic heterocycles. The van der Waals surface area contributed by atoms with Crippen LogP contribution in [0.4, 0.5) is 5.82 Å². The smallest absolute Gasteiger partial charge is 0.256 e. The summed E-state index contributed by atoms with van der Waals surface area (Å²) in [6.07, 6.45) is 0.394. The van der Waals surface area contributed by atoms with Gasteiger partial charge in [0.1, 0.15) is 30.8 Å². The molecular formula is C19H18N4O5. The zero-order valence-corrected chi connectivity index (χ0v) is 15.2. The summed E-state index contributed by atoms with van der Waals surface area (Å²) >= 11 is 0. The number of rotatable bonds is 4. The Morgan fingerprint density at radius 3 is 2.82 bits per heavy atom. The number of fused-ring (bicyclic) bond motifs is 2. The number of carbonyl (C=O) groups is 1. The van der Waals surface area contributed by atoms with Gasteiger partial charge in [-0.3, -0.25) is 9.59 Å². The van der Waals surface area contributed by atoms with E-state index in [-0.39, 0.29) is 11.4 Å². The third kappa shape index (κ3) is 3.08. The van der Waals surface area contributed by atoms with Crippen molar-refractivity contribution in [1.82, 2.24) is 9.97 Å². The molecule has 28 heavy (non-hydrogen) atoms. The largest absolute Gasteiger partial charge is 0.486 e. The lowest BCUT2D eigenvalue weighted by atomic mass is 9.79. The van der Waals surface area contributed by atoms with Crippen LogP contribution >= 0.6 is 0 Å². The number of hydrogen-bond acceptors (Lipinski definition) is 7. The van der Waals surface area contributed by atoms with Crippen LogP contribution in [0.15, 0.2) is 23.0 Å². The van der Waals surface area contributed by atoms with Gasteiger partial charge in [0.25, 0.3) is 5.56 Å². The van der Waals surface area contributed by atoms with Crippen molar-refractivity contribution >= 4 is 11.7 Å². The van der Waals surface area contributed by atoms with Crippen LogP contribution in [-0.2, 0) is 16.0 Å². The Morgan fingerprint density at radius 2 is 2.07 bits per heavy atom. The van der Waals surface area contributed by atoms with Crippen LogP contribution in [0.1, 0.15) is 22.9 Å². The number of aromatic nitrogens is 2. The fourth-order valence-electron chi connectivity index (χ4n) is 3.49.